The van der Waals surface area contributed by atoms with Gasteiger partial charge in [0.15, 0.2) is 0 Å². The summed E-state index contributed by atoms with van der Waals surface area (Å²) >= 11 is 0. The summed E-state index contributed by atoms with van der Waals surface area (Å²) < 4.78 is 0. The highest BCUT2D eigenvalue weighted by Crippen LogP contribution is 2.11. The van der Waals surface area contributed by atoms with Crippen LogP contribution in [-0.4, -0.2) is 24.5 Å². The molecule has 122 valence electrons. The Bertz CT molecular complexity index is 640. The number of aromatic nitrogens is 1. The van der Waals surface area contributed by atoms with E-state index in [1.165, 1.54) is 6.92 Å². The zero-order valence-corrected chi connectivity index (χ0v) is 14.0. The molecule has 0 aliphatic heterocycles. The first kappa shape index (κ1) is 17.0. The SMILES string of the molecule is CCN(C)c1ccc(CNCc2cccc(NC(C)=O)c2)cn1. The summed E-state index contributed by atoms with van der Waals surface area (Å²) in [5.41, 5.74) is 3.10. The molecule has 0 aliphatic rings. The molecular weight excluding hydrogens is 288 g/mol. The number of benzene rings is 1. The smallest absolute Gasteiger partial charge is 0.221 e. The van der Waals surface area contributed by atoms with Crippen molar-refractivity contribution in [3.8, 4) is 0 Å². The maximum atomic E-state index is 11.1. The van der Waals surface area contributed by atoms with Gasteiger partial charge in [0.2, 0.25) is 5.91 Å². The molecule has 0 saturated carbocycles. The van der Waals surface area contributed by atoms with E-state index in [-0.39, 0.29) is 5.91 Å². The number of rotatable bonds is 7. The summed E-state index contributed by atoms with van der Waals surface area (Å²) in [7, 11) is 2.03. The van der Waals surface area contributed by atoms with Crippen LogP contribution in [0.5, 0.6) is 0 Å². The number of anilines is 2. The minimum Gasteiger partial charge on any atom is -0.360 e. The minimum absolute atomic E-state index is 0.0571. The van der Waals surface area contributed by atoms with Gasteiger partial charge in [-0.2, -0.15) is 0 Å². The normalized spacial score (nSPS) is 10.4. The van der Waals surface area contributed by atoms with Gasteiger partial charge in [-0.05, 0) is 36.2 Å². The summed E-state index contributed by atoms with van der Waals surface area (Å²) in [5.74, 6) is 0.928. The lowest BCUT2D eigenvalue weighted by molar-refractivity contribution is -0.114. The van der Waals surface area contributed by atoms with Crippen LogP contribution in [0.3, 0.4) is 0 Å². The standard InChI is InChI=1S/C18H24N4O/c1-4-22(3)18-9-8-16(13-20-18)12-19-11-15-6-5-7-17(10-15)21-14(2)23/h5-10,13,19H,4,11-12H2,1-3H3,(H,21,23). The molecule has 1 aromatic heterocycles. The van der Waals surface area contributed by atoms with E-state index in [9.17, 15) is 4.79 Å². The maximum Gasteiger partial charge on any atom is 0.221 e. The molecule has 1 aromatic carbocycles. The molecule has 5 nitrogen and oxygen atoms in total. The molecule has 0 atom stereocenters. The highest BCUT2D eigenvalue weighted by molar-refractivity contribution is 5.88. The predicted octanol–water partition coefficient (Wildman–Crippen LogP) is 2.79. The molecular formula is C18H24N4O. The van der Waals surface area contributed by atoms with Crippen LogP contribution >= 0.6 is 0 Å². The van der Waals surface area contributed by atoms with Gasteiger partial charge in [-0.15, -0.1) is 0 Å². The minimum atomic E-state index is -0.0571. The van der Waals surface area contributed by atoms with Gasteiger partial charge in [0.05, 0.1) is 0 Å². The number of amides is 1. The van der Waals surface area contributed by atoms with Gasteiger partial charge in [0.1, 0.15) is 5.82 Å². The van der Waals surface area contributed by atoms with E-state index in [1.54, 1.807) is 0 Å². The Labute approximate surface area is 137 Å². The molecule has 5 heteroatoms. The molecule has 0 spiro atoms. The number of nitrogens with one attached hydrogen (secondary N) is 2. The summed E-state index contributed by atoms with van der Waals surface area (Å²) in [6, 6.07) is 12.0. The van der Waals surface area contributed by atoms with Gasteiger partial charge < -0.3 is 15.5 Å². The van der Waals surface area contributed by atoms with Crippen molar-refractivity contribution in [3.05, 3.63) is 53.7 Å². The van der Waals surface area contributed by atoms with Crippen molar-refractivity contribution in [3.63, 3.8) is 0 Å². The maximum absolute atomic E-state index is 11.1. The second-order valence-corrected chi connectivity index (χ2v) is 5.52. The molecule has 23 heavy (non-hydrogen) atoms. The van der Waals surface area contributed by atoms with Crippen molar-refractivity contribution in [1.82, 2.24) is 10.3 Å². The average molecular weight is 312 g/mol. The highest BCUT2D eigenvalue weighted by Gasteiger charge is 2.01. The van der Waals surface area contributed by atoms with Crippen molar-refractivity contribution < 1.29 is 4.79 Å². The number of carbonyl (C=O) groups is 1. The van der Waals surface area contributed by atoms with Crippen LogP contribution in [-0.2, 0) is 17.9 Å². The third kappa shape index (κ3) is 5.38. The molecule has 0 saturated heterocycles. The highest BCUT2D eigenvalue weighted by atomic mass is 16.1. The monoisotopic (exact) mass is 312 g/mol. The predicted molar refractivity (Wildman–Crippen MR) is 94.5 cm³/mol. The molecule has 1 amide bonds. The lowest BCUT2D eigenvalue weighted by Gasteiger charge is -2.15. The summed E-state index contributed by atoms with van der Waals surface area (Å²) in [6.07, 6.45) is 1.90. The molecule has 1 heterocycles. The Morgan fingerprint density at radius 3 is 2.61 bits per heavy atom. The summed E-state index contributed by atoms with van der Waals surface area (Å²) in [6.45, 7) is 6.05. The van der Waals surface area contributed by atoms with Crippen LogP contribution in [0.15, 0.2) is 42.6 Å². The second-order valence-electron chi connectivity index (χ2n) is 5.52. The van der Waals surface area contributed by atoms with E-state index in [4.69, 9.17) is 0 Å². The molecule has 2 N–H and O–H groups in total. The average Bonchev–Trinajstić information content (AvgIpc) is 2.54. The molecule has 0 radical (unpaired) electrons. The van der Waals surface area contributed by atoms with E-state index in [0.717, 1.165) is 42.3 Å². The van der Waals surface area contributed by atoms with Crippen molar-refractivity contribution in [2.24, 2.45) is 0 Å². The second kappa shape index (κ2) is 8.29. The van der Waals surface area contributed by atoms with Gasteiger partial charge in [0.25, 0.3) is 0 Å². The first-order chi connectivity index (χ1) is 11.1. The van der Waals surface area contributed by atoms with Gasteiger partial charge >= 0.3 is 0 Å². The van der Waals surface area contributed by atoms with Crippen LogP contribution in [0.2, 0.25) is 0 Å². The summed E-state index contributed by atoms with van der Waals surface area (Å²) in [5, 5.41) is 6.19. The Balaban J connectivity index is 1.86. The van der Waals surface area contributed by atoms with Gasteiger partial charge in [-0.3, -0.25) is 4.79 Å². The van der Waals surface area contributed by atoms with E-state index < -0.39 is 0 Å². The molecule has 0 aliphatic carbocycles. The van der Waals surface area contributed by atoms with Gasteiger partial charge in [-0.25, -0.2) is 4.98 Å². The first-order valence-corrected chi connectivity index (χ1v) is 7.82. The fourth-order valence-electron chi connectivity index (χ4n) is 2.22. The molecule has 0 unspecified atom stereocenters. The van der Waals surface area contributed by atoms with E-state index in [1.807, 2.05) is 43.6 Å². The van der Waals surface area contributed by atoms with Crippen LogP contribution in [0.4, 0.5) is 11.5 Å². The topological polar surface area (TPSA) is 57.3 Å². The van der Waals surface area contributed by atoms with Crippen molar-refractivity contribution >= 4 is 17.4 Å². The number of pyridine rings is 1. The zero-order valence-electron chi connectivity index (χ0n) is 14.0. The summed E-state index contributed by atoms with van der Waals surface area (Å²) in [4.78, 5) is 17.6. The van der Waals surface area contributed by atoms with E-state index in [0.29, 0.717) is 0 Å². The fraction of sp³-hybridized carbons (Fsp3) is 0.333. The Morgan fingerprint density at radius 1 is 1.17 bits per heavy atom. The van der Waals surface area contributed by atoms with Crippen LogP contribution < -0.4 is 15.5 Å². The van der Waals surface area contributed by atoms with Crippen LogP contribution in [0, 0.1) is 0 Å². The first-order valence-electron chi connectivity index (χ1n) is 7.82. The van der Waals surface area contributed by atoms with Gasteiger partial charge in [-0.1, -0.05) is 18.2 Å². The molecule has 2 aromatic rings. The van der Waals surface area contributed by atoms with Crippen LogP contribution in [0.25, 0.3) is 0 Å². The van der Waals surface area contributed by atoms with Gasteiger partial charge in [0, 0.05) is 45.5 Å². The third-order valence-corrected chi connectivity index (χ3v) is 3.58. The fourth-order valence-corrected chi connectivity index (χ4v) is 2.22. The number of hydrogen-bond donors (Lipinski definition) is 2. The lowest BCUT2D eigenvalue weighted by atomic mass is 10.2. The zero-order chi connectivity index (χ0) is 16.7. The number of carbonyl (C=O) groups excluding carboxylic acids is 1. The van der Waals surface area contributed by atoms with E-state index >= 15 is 0 Å². The third-order valence-electron chi connectivity index (χ3n) is 3.58. The van der Waals surface area contributed by atoms with Crippen molar-refractivity contribution in [2.75, 3.05) is 23.8 Å². The number of nitrogens with zero attached hydrogens (tertiary/aromatic N) is 2. The molecule has 0 bridgehead atoms. The quantitative estimate of drug-likeness (QED) is 0.825. The Kier molecular flexibility index (Phi) is 6.11. The van der Waals surface area contributed by atoms with Crippen molar-refractivity contribution in [2.45, 2.75) is 26.9 Å². The van der Waals surface area contributed by atoms with Crippen LogP contribution in [0.1, 0.15) is 25.0 Å². The van der Waals surface area contributed by atoms with Crippen molar-refractivity contribution in [1.29, 1.82) is 0 Å². The lowest BCUT2D eigenvalue weighted by Crippen LogP contribution is -2.17. The Morgan fingerprint density at radius 2 is 1.96 bits per heavy atom. The largest absolute Gasteiger partial charge is 0.360 e. The Hall–Kier alpha value is -2.40. The number of hydrogen-bond acceptors (Lipinski definition) is 4. The van der Waals surface area contributed by atoms with E-state index in [2.05, 4.69) is 33.5 Å². The molecule has 2 rings (SSSR count). The molecule has 0 fully saturated rings.